The molecule has 0 spiro atoms. The standard InChI is InChI=1S/C33H40ClNO/c1-22(13-15-29-24(3)12-9-17-32(29,4)5)10-8-11-23(2)18-28-21-26-19-25-20-27(34)14-16-30(25)35-31(26)33(6,7)36-28/h8,10-11,13-16,18-20,28H,9,12,17,21H2,1-7H3/b11-8+,15-13+,22-10+,23-18+. The van der Waals surface area contributed by atoms with Gasteiger partial charge in [-0.05, 0) is 94.7 Å². The molecule has 2 heterocycles. The van der Waals surface area contributed by atoms with Crippen LogP contribution in [0.4, 0.5) is 0 Å². The van der Waals surface area contributed by atoms with Gasteiger partial charge in [0.25, 0.3) is 0 Å². The molecular weight excluding hydrogens is 462 g/mol. The first-order valence-corrected chi connectivity index (χ1v) is 13.5. The van der Waals surface area contributed by atoms with Crippen LogP contribution in [0.5, 0.6) is 0 Å². The summed E-state index contributed by atoms with van der Waals surface area (Å²) in [5.41, 5.74) is 8.51. The van der Waals surface area contributed by atoms with E-state index < -0.39 is 5.60 Å². The maximum absolute atomic E-state index is 6.48. The van der Waals surface area contributed by atoms with Gasteiger partial charge in [0, 0.05) is 16.8 Å². The van der Waals surface area contributed by atoms with Crippen LogP contribution in [0.2, 0.25) is 5.02 Å². The molecule has 2 aromatic rings. The average molecular weight is 502 g/mol. The number of aromatic nitrogens is 1. The smallest absolute Gasteiger partial charge is 0.105 e. The van der Waals surface area contributed by atoms with Gasteiger partial charge in [0.1, 0.15) is 5.60 Å². The van der Waals surface area contributed by atoms with E-state index in [1.807, 2.05) is 18.2 Å². The van der Waals surface area contributed by atoms with Gasteiger partial charge in [0.2, 0.25) is 0 Å². The molecule has 1 aromatic heterocycles. The Morgan fingerprint density at radius 1 is 1.08 bits per heavy atom. The van der Waals surface area contributed by atoms with E-state index in [0.29, 0.717) is 0 Å². The lowest BCUT2D eigenvalue weighted by Crippen LogP contribution is -2.36. The summed E-state index contributed by atoms with van der Waals surface area (Å²) in [7, 11) is 0. The number of hydrogen-bond acceptors (Lipinski definition) is 2. The molecule has 1 aliphatic carbocycles. The molecule has 0 saturated heterocycles. The SMILES string of the molecule is CC1=C(/C=C/C(C)=C/C=C/C(C)=C/C2Cc3cc4cc(Cl)ccc4nc3C(C)(C)O2)C(C)(C)CCC1. The minimum absolute atomic E-state index is 0.00371. The summed E-state index contributed by atoms with van der Waals surface area (Å²) in [5, 5.41) is 1.81. The average Bonchev–Trinajstić information content (AvgIpc) is 2.76. The highest BCUT2D eigenvalue weighted by atomic mass is 35.5. The second-order valence-corrected chi connectivity index (χ2v) is 12.1. The van der Waals surface area contributed by atoms with Gasteiger partial charge in [-0.25, -0.2) is 4.98 Å². The molecule has 0 amide bonds. The van der Waals surface area contributed by atoms with E-state index in [2.05, 4.69) is 91.0 Å². The van der Waals surface area contributed by atoms with Gasteiger partial charge in [0.15, 0.2) is 0 Å². The van der Waals surface area contributed by atoms with E-state index in [4.69, 9.17) is 21.3 Å². The molecule has 1 aliphatic heterocycles. The maximum Gasteiger partial charge on any atom is 0.105 e. The fraction of sp³-hybridized carbons (Fsp3) is 0.424. The van der Waals surface area contributed by atoms with Crippen molar-refractivity contribution in [3.63, 3.8) is 0 Å². The molecule has 4 rings (SSSR count). The van der Waals surface area contributed by atoms with Crippen LogP contribution in [-0.4, -0.2) is 11.1 Å². The molecular formula is C33H40ClNO. The first kappa shape index (κ1) is 26.6. The predicted molar refractivity (Wildman–Crippen MR) is 154 cm³/mol. The van der Waals surface area contributed by atoms with E-state index in [0.717, 1.165) is 28.0 Å². The molecule has 2 aliphatic rings. The molecule has 1 aromatic carbocycles. The van der Waals surface area contributed by atoms with Crippen LogP contribution in [0.1, 0.15) is 79.0 Å². The second-order valence-electron chi connectivity index (χ2n) is 11.6. The first-order valence-electron chi connectivity index (χ1n) is 13.1. The minimum atomic E-state index is -0.451. The van der Waals surface area contributed by atoms with Gasteiger partial charge < -0.3 is 4.74 Å². The van der Waals surface area contributed by atoms with Crippen LogP contribution < -0.4 is 0 Å². The van der Waals surface area contributed by atoms with E-state index >= 15 is 0 Å². The first-order chi connectivity index (χ1) is 16.9. The van der Waals surface area contributed by atoms with Crippen LogP contribution >= 0.6 is 11.6 Å². The molecule has 2 nitrogen and oxygen atoms in total. The van der Waals surface area contributed by atoms with E-state index in [-0.39, 0.29) is 11.5 Å². The topological polar surface area (TPSA) is 22.1 Å². The van der Waals surface area contributed by atoms with Crippen molar-refractivity contribution >= 4 is 22.5 Å². The van der Waals surface area contributed by atoms with Crippen LogP contribution in [0.15, 0.2) is 83.0 Å². The summed E-state index contributed by atoms with van der Waals surface area (Å²) in [6.07, 6.45) is 17.9. The largest absolute Gasteiger partial charge is 0.362 e. The number of hydrogen-bond donors (Lipinski definition) is 0. The number of allylic oxidation sites excluding steroid dienone is 9. The molecule has 3 heteroatoms. The van der Waals surface area contributed by atoms with Crippen molar-refractivity contribution in [3.8, 4) is 0 Å². The zero-order valence-corrected chi connectivity index (χ0v) is 23.7. The molecule has 0 radical (unpaired) electrons. The van der Waals surface area contributed by atoms with Crippen molar-refractivity contribution in [1.29, 1.82) is 0 Å². The van der Waals surface area contributed by atoms with E-state index in [1.54, 1.807) is 0 Å². The molecule has 0 saturated carbocycles. The number of nitrogens with zero attached hydrogens (tertiary/aromatic N) is 1. The zero-order chi connectivity index (χ0) is 26.1. The Balaban J connectivity index is 1.47. The normalized spacial score (nSPS) is 22.6. The molecule has 0 N–H and O–H groups in total. The number of fused-ring (bicyclic) bond motifs is 2. The van der Waals surface area contributed by atoms with E-state index in [1.165, 1.54) is 47.1 Å². The molecule has 1 unspecified atom stereocenters. The third kappa shape index (κ3) is 6.10. The van der Waals surface area contributed by atoms with Gasteiger partial charge in [0.05, 0.1) is 17.3 Å². The number of benzene rings is 1. The summed E-state index contributed by atoms with van der Waals surface area (Å²) in [5.74, 6) is 0. The number of rotatable bonds is 5. The predicted octanol–water partition coefficient (Wildman–Crippen LogP) is 9.60. The third-order valence-corrected chi connectivity index (χ3v) is 7.75. The van der Waals surface area contributed by atoms with Crippen LogP contribution in [0.3, 0.4) is 0 Å². The third-order valence-electron chi connectivity index (χ3n) is 7.52. The molecule has 0 bridgehead atoms. The summed E-state index contributed by atoms with van der Waals surface area (Å²) in [6.45, 7) is 15.5. The summed E-state index contributed by atoms with van der Waals surface area (Å²) >= 11 is 6.22. The summed E-state index contributed by atoms with van der Waals surface area (Å²) in [4.78, 5) is 4.92. The highest BCUT2D eigenvalue weighted by molar-refractivity contribution is 6.31. The lowest BCUT2D eigenvalue weighted by atomic mass is 9.72. The Labute approximate surface area is 222 Å². The Bertz CT molecular complexity index is 1300. The molecule has 190 valence electrons. The number of pyridine rings is 1. The molecule has 36 heavy (non-hydrogen) atoms. The van der Waals surface area contributed by atoms with Crippen molar-refractivity contribution in [2.45, 2.75) is 85.9 Å². The van der Waals surface area contributed by atoms with E-state index in [9.17, 15) is 0 Å². The van der Waals surface area contributed by atoms with Gasteiger partial charge in [-0.1, -0.05) is 78.6 Å². The number of halogens is 1. The van der Waals surface area contributed by atoms with Crippen molar-refractivity contribution in [1.82, 2.24) is 4.98 Å². The lowest BCUT2D eigenvalue weighted by molar-refractivity contribution is -0.0699. The van der Waals surface area contributed by atoms with Gasteiger partial charge in [-0.15, -0.1) is 0 Å². The van der Waals surface area contributed by atoms with Crippen LogP contribution in [0, 0.1) is 5.41 Å². The fourth-order valence-electron chi connectivity index (χ4n) is 5.63. The minimum Gasteiger partial charge on any atom is -0.362 e. The fourth-order valence-corrected chi connectivity index (χ4v) is 5.82. The van der Waals surface area contributed by atoms with Gasteiger partial charge in [-0.2, -0.15) is 0 Å². The Morgan fingerprint density at radius 3 is 2.61 bits per heavy atom. The Morgan fingerprint density at radius 2 is 1.86 bits per heavy atom. The monoisotopic (exact) mass is 501 g/mol. The molecule has 0 fully saturated rings. The summed E-state index contributed by atoms with van der Waals surface area (Å²) < 4.78 is 6.48. The van der Waals surface area contributed by atoms with Gasteiger partial charge >= 0.3 is 0 Å². The Hall–Kier alpha value is -2.42. The Kier molecular flexibility index (Phi) is 7.78. The van der Waals surface area contributed by atoms with Crippen molar-refractivity contribution in [2.24, 2.45) is 5.41 Å². The lowest BCUT2D eigenvalue weighted by Gasteiger charge is -2.36. The zero-order valence-electron chi connectivity index (χ0n) is 22.9. The quantitative estimate of drug-likeness (QED) is 0.380. The second kappa shape index (κ2) is 10.5. The highest BCUT2D eigenvalue weighted by Gasteiger charge is 2.34. The van der Waals surface area contributed by atoms with Crippen molar-refractivity contribution in [2.75, 3.05) is 0 Å². The maximum atomic E-state index is 6.48. The number of ether oxygens (including phenoxy) is 1. The van der Waals surface area contributed by atoms with Crippen LogP contribution in [0.25, 0.3) is 10.9 Å². The van der Waals surface area contributed by atoms with Gasteiger partial charge in [-0.3, -0.25) is 0 Å². The highest BCUT2D eigenvalue weighted by Crippen LogP contribution is 2.41. The summed E-state index contributed by atoms with van der Waals surface area (Å²) in [6, 6.07) is 8.08. The molecule has 1 atom stereocenters. The van der Waals surface area contributed by atoms with Crippen molar-refractivity contribution < 1.29 is 4.74 Å². The van der Waals surface area contributed by atoms with Crippen molar-refractivity contribution in [3.05, 3.63) is 99.3 Å². The van der Waals surface area contributed by atoms with Crippen LogP contribution in [-0.2, 0) is 16.8 Å².